The van der Waals surface area contributed by atoms with Gasteiger partial charge in [-0.15, -0.1) is 0 Å². The van der Waals surface area contributed by atoms with E-state index in [1.54, 1.807) is 14.2 Å². The van der Waals surface area contributed by atoms with Gasteiger partial charge in [0.2, 0.25) is 0 Å². The first-order chi connectivity index (χ1) is 8.15. The van der Waals surface area contributed by atoms with Crippen molar-refractivity contribution in [1.82, 2.24) is 0 Å². The number of benzene rings is 1. The predicted molar refractivity (Wildman–Crippen MR) is 73.7 cm³/mol. The summed E-state index contributed by atoms with van der Waals surface area (Å²) in [6.07, 6.45) is 3.23. The molecule has 0 aliphatic rings. The van der Waals surface area contributed by atoms with Gasteiger partial charge in [0.15, 0.2) is 0 Å². The van der Waals surface area contributed by atoms with Crippen LogP contribution < -0.4 is 15.2 Å². The Bertz CT molecular complexity index is 369. The highest BCUT2D eigenvalue weighted by Gasteiger charge is 2.17. The third kappa shape index (κ3) is 3.36. The van der Waals surface area contributed by atoms with Gasteiger partial charge in [-0.3, -0.25) is 0 Å². The van der Waals surface area contributed by atoms with Crippen molar-refractivity contribution in [3.8, 4) is 11.5 Å². The van der Waals surface area contributed by atoms with Crippen LogP contribution in [-0.2, 0) is 0 Å². The van der Waals surface area contributed by atoms with Crippen molar-refractivity contribution in [2.45, 2.75) is 32.2 Å². The number of ether oxygens (including phenoxy) is 2. The van der Waals surface area contributed by atoms with Gasteiger partial charge < -0.3 is 15.2 Å². The topological polar surface area (TPSA) is 44.5 Å². The first-order valence-electron chi connectivity index (χ1n) is 5.81. The molecular formula is C13H20BrNO2. The zero-order valence-electron chi connectivity index (χ0n) is 10.6. The minimum Gasteiger partial charge on any atom is -0.495 e. The lowest BCUT2D eigenvalue weighted by molar-refractivity contribution is 0.382. The molecule has 1 aromatic rings. The van der Waals surface area contributed by atoms with Crippen LogP contribution in [0.25, 0.3) is 0 Å². The number of unbranched alkanes of at least 4 members (excludes halogenated alkanes) is 1. The van der Waals surface area contributed by atoms with E-state index in [-0.39, 0.29) is 6.04 Å². The van der Waals surface area contributed by atoms with Crippen LogP contribution in [0.3, 0.4) is 0 Å². The Balaban J connectivity index is 3.03. The van der Waals surface area contributed by atoms with Gasteiger partial charge in [0.25, 0.3) is 0 Å². The van der Waals surface area contributed by atoms with Gasteiger partial charge in [-0.25, -0.2) is 0 Å². The van der Waals surface area contributed by atoms with E-state index < -0.39 is 0 Å². The van der Waals surface area contributed by atoms with Crippen LogP contribution in [0.5, 0.6) is 11.5 Å². The smallest absolute Gasteiger partial charge is 0.141 e. The van der Waals surface area contributed by atoms with Gasteiger partial charge in [0.1, 0.15) is 16.0 Å². The highest BCUT2D eigenvalue weighted by Crippen LogP contribution is 2.39. The van der Waals surface area contributed by atoms with E-state index in [2.05, 4.69) is 22.9 Å². The molecule has 3 nitrogen and oxygen atoms in total. The predicted octanol–water partition coefficient (Wildman–Crippen LogP) is 3.66. The van der Waals surface area contributed by atoms with Gasteiger partial charge in [-0.05, 0) is 34.5 Å². The van der Waals surface area contributed by atoms with Crippen LogP contribution in [0.2, 0.25) is 0 Å². The lowest BCUT2D eigenvalue weighted by Gasteiger charge is -2.18. The minimum absolute atomic E-state index is 0.00658. The largest absolute Gasteiger partial charge is 0.495 e. The first kappa shape index (κ1) is 14.3. The summed E-state index contributed by atoms with van der Waals surface area (Å²) in [6.45, 7) is 2.16. The van der Waals surface area contributed by atoms with Crippen LogP contribution in [0.4, 0.5) is 0 Å². The Labute approximate surface area is 111 Å². The molecule has 1 aromatic carbocycles. The third-order valence-electron chi connectivity index (χ3n) is 2.78. The fraction of sp³-hybridized carbons (Fsp3) is 0.538. The molecule has 0 spiro atoms. The lowest BCUT2D eigenvalue weighted by Crippen LogP contribution is -2.12. The lowest BCUT2D eigenvalue weighted by atomic mass is 10.0. The second-order valence-electron chi connectivity index (χ2n) is 3.95. The molecule has 17 heavy (non-hydrogen) atoms. The van der Waals surface area contributed by atoms with E-state index in [0.717, 1.165) is 40.8 Å². The summed E-state index contributed by atoms with van der Waals surface area (Å²) < 4.78 is 11.5. The zero-order chi connectivity index (χ0) is 12.8. The number of methoxy groups -OCH3 is 2. The zero-order valence-corrected chi connectivity index (χ0v) is 12.2. The Kier molecular flexibility index (Phi) is 5.78. The highest BCUT2D eigenvalue weighted by molar-refractivity contribution is 9.10. The SMILES string of the molecule is CCCCC(N)c1ccc(OC)c(Br)c1OC. The molecule has 0 radical (unpaired) electrons. The van der Waals surface area contributed by atoms with Crippen molar-refractivity contribution in [1.29, 1.82) is 0 Å². The summed E-state index contributed by atoms with van der Waals surface area (Å²) in [5.41, 5.74) is 7.20. The van der Waals surface area contributed by atoms with E-state index >= 15 is 0 Å². The summed E-state index contributed by atoms with van der Waals surface area (Å²) in [6, 6.07) is 3.89. The van der Waals surface area contributed by atoms with Gasteiger partial charge in [-0.1, -0.05) is 19.8 Å². The molecule has 1 unspecified atom stereocenters. The number of rotatable bonds is 6. The quantitative estimate of drug-likeness (QED) is 0.872. The van der Waals surface area contributed by atoms with Crippen molar-refractivity contribution >= 4 is 15.9 Å². The maximum absolute atomic E-state index is 6.18. The Morgan fingerprint density at radius 2 is 2.00 bits per heavy atom. The van der Waals surface area contributed by atoms with Crippen molar-refractivity contribution < 1.29 is 9.47 Å². The molecular weight excluding hydrogens is 282 g/mol. The monoisotopic (exact) mass is 301 g/mol. The van der Waals surface area contributed by atoms with E-state index in [0.29, 0.717) is 0 Å². The van der Waals surface area contributed by atoms with Crippen LogP contribution in [0.15, 0.2) is 16.6 Å². The van der Waals surface area contributed by atoms with Crippen LogP contribution in [0.1, 0.15) is 37.8 Å². The Hall–Kier alpha value is -0.740. The first-order valence-corrected chi connectivity index (χ1v) is 6.60. The van der Waals surface area contributed by atoms with Crippen molar-refractivity contribution in [3.05, 3.63) is 22.2 Å². The molecule has 0 aliphatic heterocycles. The van der Waals surface area contributed by atoms with Gasteiger partial charge >= 0.3 is 0 Å². The normalized spacial score (nSPS) is 12.3. The average molecular weight is 302 g/mol. The fourth-order valence-electron chi connectivity index (χ4n) is 1.79. The van der Waals surface area contributed by atoms with E-state index in [1.165, 1.54) is 0 Å². The summed E-state index contributed by atoms with van der Waals surface area (Å²) in [5.74, 6) is 1.53. The Morgan fingerprint density at radius 1 is 1.29 bits per heavy atom. The molecule has 1 atom stereocenters. The molecule has 1 rings (SSSR count). The molecule has 0 bridgehead atoms. The maximum atomic E-state index is 6.18. The standard InChI is InChI=1S/C13H20BrNO2/c1-4-5-6-10(15)9-7-8-11(16-2)12(14)13(9)17-3/h7-8,10H,4-6,15H2,1-3H3. The minimum atomic E-state index is 0.00658. The average Bonchev–Trinajstić information content (AvgIpc) is 2.35. The second kappa shape index (κ2) is 6.87. The van der Waals surface area contributed by atoms with Crippen LogP contribution in [-0.4, -0.2) is 14.2 Å². The number of halogens is 1. The number of hydrogen-bond acceptors (Lipinski definition) is 3. The van der Waals surface area contributed by atoms with E-state index in [1.807, 2.05) is 12.1 Å². The molecule has 0 fully saturated rings. The van der Waals surface area contributed by atoms with Gasteiger partial charge in [-0.2, -0.15) is 0 Å². The molecule has 2 N–H and O–H groups in total. The molecule has 4 heteroatoms. The van der Waals surface area contributed by atoms with Crippen LogP contribution >= 0.6 is 15.9 Å². The molecule has 0 aliphatic carbocycles. The molecule has 0 saturated carbocycles. The Morgan fingerprint density at radius 3 is 2.53 bits per heavy atom. The fourth-order valence-corrected chi connectivity index (χ4v) is 2.47. The summed E-state index contributed by atoms with van der Waals surface area (Å²) >= 11 is 3.48. The van der Waals surface area contributed by atoms with Gasteiger partial charge in [0, 0.05) is 11.6 Å². The highest BCUT2D eigenvalue weighted by atomic mass is 79.9. The third-order valence-corrected chi connectivity index (χ3v) is 3.54. The number of nitrogens with two attached hydrogens (primary N) is 1. The summed E-state index contributed by atoms with van der Waals surface area (Å²) in [5, 5.41) is 0. The maximum Gasteiger partial charge on any atom is 0.141 e. The second-order valence-corrected chi connectivity index (χ2v) is 4.75. The molecule has 0 aromatic heterocycles. The van der Waals surface area contributed by atoms with Crippen molar-refractivity contribution in [3.63, 3.8) is 0 Å². The molecule has 96 valence electrons. The molecule has 0 heterocycles. The van der Waals surface area contributed by atoms with Gasteiger partial charge in [0.05, 0.1) is 14.2 Å². The summed E-state index contributed by atoms with van der Waals surface area (Å²) in [4.78, 5) is 0. The van der Waals surface area contributed by atoms with Crippen molar-refractivity contribution in [2.75, 3.05) is 14.2 Å². The molecule has 0 saturated heterocycles. The van der Waals surface area contributed by atoms with E-state index in [9.17, 15) is 0 Å². The van der Waals surface area contributed by atoms with E-state index in [4.69, 9.17) is 15.2 Å². The summed E-state index contributed by atoms with van der Waals surface area (Å²) in [7, 11) is 3.28. The molecule has 0 amide bonds. The number of hydrogen-bond donors (Lipinski definition) is 1. The van der Waals surface area contributed by atoms with Crippen molar-refractivity contribution in [2.24, 2.45) is 5.73 Å². The van der Waals surface area contributed by atoms with Crippen LogP contribution in [0, 0.1) is 0 Å².